The zero-order valence-corrected chi connectivity index (χ0v) is 13.5. The summed E-state index contributed by atoms with van der Waals surface area (Å²) in [5, 5.41) is -0.725. The average Bonchev–Trinajstić information content (AvgIpc) is 2.13. The monoisotopic (exact) mass is 354 g/mol. The standard InChI is InChI=1S/C11H15Cl5O2/c12-9(17)5-1-3-8(7-11(14,15)16)4-2-6-10(13)18/h8H,1-7H2. The summed E-state index contributed by atoms with van der Waals surface area (Å²) in [5.41, 5.74) is 0. The summed E-state index contributed by atoms with van der Waals surface area (Å²) in [6.07, 6.45) is 3.81. The third kappa shape index (κ3) is 13.2. The fourth-order valence-corrected chi connectivity index (χ4v) is 2.66. The first-order valence-corrected chi connectivity index (χ1v) is 7.53. The highest BCUT2D eigenvalue weighted by molar-refractivity contribution is 6.67. The van der Waals surface area contributed by atoms with Gasteiger partial charge in [-0.2, -0.15) is 0 Å². The van der Waals surface area contributed by atoms with Gasteiger partial charge in [0, 0.05) is 12.8 Å². The van der Waals surface area contributed by atoms with Crippen LogP contribution in [0.25, 0.3) is 0 Å². The minimum absolute atomic E-state index is 0.143. The summed E-state index contributed by atoms with van der Waals surface area (Å²) in [5.74, 6) is 0.143. The van der Waals surface area contributed by atoms with Crippen molar-refractivity contribution in [1.82, 2.24) is 0 Å². The Bertz CT molecular complexity index is 255. The van der Waals surface area contributed by atoms with Crippen molar-refractivity contribution in [3.63, 3.8) is 0 Å². The molecule has 106 valence electrons. The van der Waals surface area contributed by atoms with E-state index in [0.717, 1.165) is 12.8 Å². The zero-order chi connectivity index (χ0) is 14.2. The molecule has 0 amide bonds. The first kappa shape index (κ1) is 18.8. The van der Waals surface area contributed by atoms with Gasteiger partial charge < -0.3 is 0 Å². The molecule has 0 rings (SSSR count). The average molecular weight is 357 g/mol. The highest BCUT2D eigenvalue weighted by atomic mass is 35.6. The molecular weight excluding hydrogens is 341 g/mol. The van der Waals surface area contributed by atoms with Crippen molar-refractivity contribution in [2.75, 3.05) is 0 Å². The third-order valence-corrected chi connectivity index (χ3v) is 3.33. The van der Waals surface area contributed by atoms with E-state index in [1.165, 1.54) is 0 Å². The van der Waals surface area contributed by atoms with Crippen molar-refractivity contribution < 1.29 is 9.59 Å². The molecule has 2 nitrogen and oxygen atoms in total. The molecule has 0 aromatic heterocycles. The molecule has 0 radical (unpaired) electrons. The predicted molar refractivity (Wildman–Crippen MR) is 77.8 cm³/mol. The van der Waals surface area contributed by atoms with Gasteiger partial charge in [0.15, 0.2) is 3.79 Å². The molecule has 7 heteroatoms. The van der Waals surface area contributed by atoms with E-state index in [4.69, 9.17) is 58.0 Å². The van der Waals surface area contributed by atoms with E-state index < -0.39 is 3.79 Å². The molecule has 0 aliphatic carbocycles. The molecule has 0 aromatic carbocycles. The Morgan fingerprint density at radius 3 is 1.56 bits per heavy atom. The van der Waals surface area contributed by atoms with Crippen LogP contribution < -0.4 is 0 Å². The van der Waals surface area contributed by atoms with Gasteiger partial charge in [-0.15, -0.1) is 0 Å². The van der Waals surface area contributed by atoms with E-state index in [1.807, 2.05) is 0 Å². The predicted octanol–water partition coefficient (Wildman–Crippen LogP) is 5.23. The molecular formula is C11H15Cl5O2. The molecule has 0 N–H and O–H groups in total. The van der Waals surface area contributed by atoms with Crippen LogP contribution >= 0.6 is 58.0 Å². The lowest BCUT2D eigenvalue weighted by atomic mass is 9.93. The number of carbonyl (C=O) groups excluding carboxylic acids is 2. The third-order valence-electron chi connectivity index (χ3n) is 2.49. The van der Waals surface area contributed by atoms with E-state index in [0.29, 0.717) is 32.1 Å². The van der Waals surface area contributed by atoms with Crippen LogP contribution in [0, 0.1) is 5.92 Å². The molecule has 0 bridgehead atoms. The summed E-state index contributed by atoms with van der Waals surface area (Å²) >= 11 is 27.8. The summed E-state index contributed by atoms with van der Waals surface area (Å²) in [7, 11) is 0. The summed E-state index contributed by atoms with van der Waals surface area (Å²) < 4.78 is -1.32. The first-order valence-electron chi connectivity index (χ1n) is 5.64. The number of alkyl halides is 3. The zero-order valence-electron chi connectivity index (χ0n) is 9.73. The fraction of sp³-hybridized carbons (Fsp3) is 0.818. The van der Waals surface area contributed by atoms with Crippen LogP contribution in [0.15, 0.2) is 0 Å². The van der Waals surface area contributed by atoms with Gasteiger partial charge in [0.1, 0.15) is 0 Å². The van der Waals surface area contributed by atoms with Crippen LogP contribution in [-0.2, 0) is 9.59 Å². The molecule has 0 atom stereocenters. The van der Waals surface area contributed by atoms with Gasteiger partial charge in [-0.3, -0.25) is 9.59 Å². The van der Waals surface area contributed by atoms with Crippen LogP contribution in [0.2, 0.25) is 0 Å². The summed E-state index contributed by atoms with van der Waals surface area (Å²) in [4.78, 5) is 21.3. The summed E-state index contributed by atoms with van der Waals surface area (Å²) in [6.45, 7) is 0. The maximum Gasteiger partial charge on any atom is 0.221 e. The number of hydrogen-bond acceptors (Lipinski definition) is 2. The lowest BCUT2D eigenvalue weighted by Crippen LogP contribution is -2.13. The maximum atomic E-state index is 10.6. The Morgan fingerprint density at radius 1 is 0.889 bits per heavy atom. The van der Waals surface area contributed by atoms with E-state index >= 15 is 0 Å². The van der Waals surface area contributed by atoms with Gasteiger partial charge in [-0.1, -0.05) is 34.8 Å². The second-order valence-corrected chi connectivity index (χ2v) is 7.54. The van der Waals surface area contributed by atoms with E-state index in [-0.39, 0.29) is 16.4 Å². The van der Waals surface area contributed by atoms with Gasteiger partial charge >= 0.3 is 0 Å². The van der Waals surface area contributed by atoms with Crippen molar-refractivity contribution in [3.8, 4) is 0 Å². The van der Waals surface area contributed by atoms with Crippen molar-refractivity contribution in [3.05, 3.63) is 0 Å². The van der Waals surface area contributed by atoms with Crippen LogP contribution in [0.4, 0.5) is 0 Å². The maximum absolute atomic E-state index is 10.6. The Labute approximate surface area is 132 Å². The highest BCUT2D eigenvalue weighted by Gasteiger charge is 2.25. The van der Waals surface area contributed by atoms with E-state index in [1.54, 1.807) is 0 Å². The van der Waals surface area contributed by atoms with Gasteiger partial charge in [0.25, 0.3) is 0 Å². The van der Waals surface area contributed by atoms with Crippen LogP contribution in [0.1, 0.15) is 44.9 Å². The molecule has 18 heavy (non-hydrogen) atoms. The molecule has 0 heterocycles. The van der Waals surface area contributed by atoms with Crippen molar-refractivity contribution in [1.29, 1.82) is 0 Å². The van der Waals surface area contributed by atoms with Crippen molar-refractivity contribution in [2.24, 2.45) is 5.92 Å². The number of carbonyl (C=O) groups is 2. The quantitative estimate of drug-likeness (QED) is 0.418. The Balaban J connectivity index is 4.07. The van der Waals surface area contributed by atoms with E-state index in [2.05, 4.69) is 0 Å². The van der Waals surface area contributed by atoms with Crippen LogP contribution in [-0.4, -0.2) is 14.3 Å². The second kappa shape index (κ2) is 9.66. The van der Waals surface area contributed by atoms with Gasteiger partial charge in [-0.05, 0) is 61.2 Å². The first-order chi connectivity index (χ1) is 8.20. The largest absolute Gasteiger partial charge is 0.281 e. The molecule has 0 aromatic rings. The Hall–Kier alpha value is 0.790. The van der Waals surface area contributed by atoms with Gasteiger partial charge in [0.2, 0.25) is 10.5 Å². The molecule has 0 saturated heterocycles. The molecule has 0 saturated carbocycles. The second-order valence-electron chi connectivity index (χ2n) is 4.18. The minimum Gasteiger partial charge on any atom is -0.281 e. The van der Waals surface area contributed by atoms with Gasteiger partial charge in [-0.25, -0.2) is 0 Å². The minimum atomic E-state index is -1.32. The van der Waals surface area contributed by atoms with Crippen LogP contribution in [0.3, 0.4) is 0 Å². The lowest BCUT2D eigenvalue weighted by Gasteiger charge is -2.20. The van der Waals surface area contributed by atoms with Crippen molar-refractivity contribution in [2.45, 2.75) is 48.7 Å². The molecule has 0 aliphatic rings. The Kier molecular flexibility index (Phi) is 10.1. The number of hydrogen-bond donors (Lipinski definition) is 0. The molecule has 0 unspecified atom stereocenters. The molecule has 0 fully saturated rings. The topological polar surface area (TPSA) is 34.1 Å². The van der Waals surface area contributed by atoms with E-state index in [9.17, 15) is 9.59 Å². The Morgan fingerprint density at radius 2 is 1.28 bits per heavy atom. The normalized spacial score (nSPS) is 11.9. The molecule has 0 aliphatic heterocycles. The highest BCUT2D eigenvalue weighted by Crippen LogP contribution is 2.37. The fourth-order valence-electron chi connectivity index (χ4n) is 1.74. The number of halogens is 5. The number of rotatable bonds is 9. The SMILES string of the molecule is O=C(Cl)CCCC(CCCC(=O)Cl)CC(Cl)(Cl)Cl. The van der Waals surface area contributed by atoms with Gasteiger partial charge in [0.05, 0.1) is 0 Å². The lowest BCUT2D eigenvalue weighted by molar-refractivity contribution is -0.112. The smallest absolute Gasteiger partial charge is 0.221 e. The molecule has 0 spiro atoms. The summed E-state index contributed by atoms with van der Waals surface area (Å²) in [6, 6.07) is 0. The van der Waals surface area contributed by atoms with Crippen LogP contribution in [0.5, 0.6) is 0 Å². The van der Waals surface area contributed by atoms with Crippen molar-refractivity contribution >= 4 is 68.5 Å².